The molecule has 0 aliphatic carbocycles. The smallest absolute Gasteiger partial charge is 0.296 e. The summed E-state index contributed by atoms with van der Waals surface area (Å²) >= 11 is 0. The van der Waals surface area contributed by atoms with Crippen LogP contribution in [0, 0.1) is 0 Å². The fourth-order valence-electron chi connectivity index (χ4n) is 6.33. The molecule has 4 aromatic carbocycles. The number of aromatic nitrogens is 6. The molecule has 0 atom stereocenters. The van der Waals surface area contributed by atoms with Gasteiger partial charge in [0.25, 0.3) is 80.9 Å². The van der Waals surface area contributed by atoms with Crippen LogP contribution in [0.1, 0.15) is 11.1 Å². The van der Waals surface area contributed by atoms with Crippen LogP contribution >= 0.6 is 0 Å². The van der Waals surface area contributed by atoms with Crippen LogP contribution in [0.4, 0.5) is 58.4 Å². The van der Waals surface area contributed by atoms with Gasteiger partial charge >= 0.3 is 0 Å². The number of nitrogens with zero attached hydrogens (tertiary/aromatic N) is 6. The summed E-state index contributed by atoms with van der Waals surface area (Å²) < 4.78 is 270. The average molecular weight is 1280 g/mol. The summed E-state index contributed by atoms with van der Waals surface area (Å²) in [5.41, 5.74) is -2.82. The molecule has 0 saturated heterocycles. The van der Waals surface area contributed by atoms with Gasteiger partial charge in [0.2, 0.25) is 35.7 Å². The molecule has 0 saturated carbocycles. The maximum Gasteiger partial charge on any atom is 0.296 e. The van der Waals surface area contributed by atoms with E-state index in [1.807, 2.05) is 0 Å². The Morgan fingerprint density at radius 3 is 0.925 bits per heavy atom. The van der Waals surface area contributed by atoms with Gasteiger partial charge in [-0.25, -0.2) is 0 Å². The van der Waals surface area contributed by atoms with Crippen molar-refractivity contribution in [2.45, 2.75) is 29.4 Å². The fourth-order valence-corrected chi connectivity index (χ4v) is 10.7. The predicted molar refractivity (Wildman–Crippen MR) is 276 cm³/mol. The zero-order valence-electron chi connectivity index (χ0n) is 39.0. The largest absolute Gasteiger partial charge is 0.353 e. The van der Waals surface area contributed by atoms with Crippen LogP contribution in [-0.4, -0.2) is 158 Å². The molecule has 14 N–H and O–H groups in total. The summed E-state index contributed by atoms with van der Waals surface area (Å²) in [6, 6.07) is 9.37. The lowest BCUT2D eigenvalue weighted by molar-refractivity contribution is 0.479. The van der Waals surface area contributed by atoms with Gasteiger partial charge in [0.05, 0.1) is 32.7 Å². The highest BCUT2D eigenvalue weighted by atomic mass is 32.2. The lowest BCUT2D eigenvalue weighted by Gasteiger charge is -2.14. The van der Waals surface area contributed by atoms with E-state index in [0.717, 1.165) is 48.6 Å². The van der Waals surface area contributed by atoms with Gasteiger partial charge in [-0.3, -0.25) is 36.4 Å². The lowest BCUT2D eigenvalue weighted by Crippen LogP contribution is -2.17. The Hall–Kier alpha value is -7.28. The summed E-state index contributed by atoms with van der Waals surface area (Å²) in [6.45, 7) is -1.18. The molecule has 6 aromatic rings. The van der Waals surface area contributed by atoms with Crippen LogP contribution in [0.3, 0.4) is 0 Å². The maximum atomic E-state index is 12.8. The number of hydrogen-bond acceptors (Lipinski definition) is 28. The highest BCUT2D eigenvalue weighted by Crippen LogP contribution is 2.32. The molecule has 432 valence electrons. The van der Waals surface area contributed by atoms with E-state index < -0.39 is 182 Å². The van der Waals surface area contributed by atoms with Crippen molar-refractivity contribution in [2.24, 2.45) is 0 Å². The van der Waals surface area contributed by atoms with Crippen molar-refractivity contribution in [3.63, 3.8) is 0 Å². The zero-order chi connectivity index (χ0) is 59.6. The van der Waals surface area contributed by atoms with E-state index in [0.29, 0.717) is 36.4 Å². The zero-order valence-corrected chi connectivity index (χ0v) is 45.5. The molecule has 0 spiro atoms. The fraction of sp³-hybridized carbons (Fsp3) is 0.111. The van der Waals surface area contributed by atoms with Gasteiger partial charge < -0.3 is 31.9 Å². The second-order valence-electron chi connectivity index (χ2n) is 15.5. The first-order valence-corrected chi connectivity index (χ1v) is 32.5. The van der Waals surface area contributed by atoms with Crippen LogP contribution in [0.15, 0.2) is 102 Å². The molecular formula is C36H36N12O24S8. The number of rotatable bonds is 24. The van der Waals surface area contributed by atoms with Crippen LogP contribution in [0.25, 0.3) is 12.2 Å². The van der Waals surface area contributed by atoms with E-state index in [9.17, 15) is 104 Å². The molecule has 0 bridgehead atoms. The normalized spacial score (nSPS) is 12.9. The van der Waals surface area contributed by atoms with E-state index >= 15 is 0 Å². The van der Waals surface area contributed by atoms with Crippen molar-refractivity contribution in [1.29, 1.82) is 0 Å². The third kappa shape index (κ3) is 17.6. The minimum atomic E-state index is -5.24. The van der Waals surface area contributed by atoms with E-state index in [1.165, 1.54) is 0 Å². The molecular weight excluding hydrogens is 1240 g/mol. The Kier molecular flexibility index (Phi) is 17.8. The molecule has 0 fully saturated rings. The van der Waals surface area contributed by atoms with Crippen molar-refractivity contribution in [3.05, 3.63) is 83.9 Å². The first-order chi connectivity index (χ1) is 36.6. The SMILES string of the molecule is O=S(=O)(O)CCNc1nc(Nc2ccc(/C=C/c3ccc(Nc4nc(NCCS(=O)(=O)O)nc(Nc5cc(S(=O)(=O)O)ccc5S(=O)(=O)O)n4)cc3S(=O)(=O)O)c(S(=O)(=O)O)c2)nc(Nc2cc(S(=O)(=O)O)ccc2S(=O)(=O)O)n1. The highest BCUT2D eigenvalue weighted by molar-refractivity contribution is 7.87. The van der Waals surface area contributed by atoms with Gasteiger partial charge in [0.1, 0.15) is 19.6 Å². The minimum absolute atomic E-state index is 0.282. The standard InChI is InChI=1S/C36H36N12O24S8/c49-73(50,51)13-11-37-31-43-33(47-35(45-31)41-25-17-23(75(55,56)57)7-9-27(25)77(61,62)63)39-21-5-3-19(29(15-21)79(67,68)69)1-2-20-4-6-22(16-30(20)80(70,71)72)40-34-44-32(38-12-14-74(52,53)54)46-36(48-34)42-26-18-24(76(58,59)60)8-10-28(26)78(64,65)66/h1-10,15-18H,11-14H2,(H,49,50,51)(H,52,53,54)(H,55,56,57)(H,58,59,60)(H,61,62,63)(H,64,65,66)(H,67,68,69)(H,70,71,72)(H3,37,39,41,43,45,47)(H3,38,40,42,44,46,48)/b2-1+. The Labute approximate surface area is 452 Å². The summed E-state index contributed by atoms with van der Waals surface area (Å²) in [5.74, 6) is -5.56. The molecule has 6 rings (SSSR count). The van der Waals surface area contributed by atoms with Crippen molar-refractivity contribution in [1.82, 2.24) is 29.9 Å². The Bertz CT molecular complexity index is 4160. The lowest BCUT2D eigenvalue weighted by atomic mass is 10.1. The van der Waals surface area contributed by atoms with Crippen molar-refractivity contribution in [3.8, 4) is 0 Å². The van der Waals surface area contributed by atoms with Gasteiger partial charge in [-0.15, -0.1) is 0 Å². The van der Waals surface area contributed by atoms with Crippen molar-refractivity contribution >= 4 is 152 Å². The van der Waals surface area contributed by atoms with Gasteiger partial charge in [0, 0.05) is 24.5 Å². The molecule has 0 unspecified atom stereocenters. The summed E-state index contributed by atoms with van der Waals surface area (Å²) in [7, 11) is -39.9. The average Bonchev–Trinajstić information content (AvgIpc) is 3.28. The molecule has 0 aliphatic rings. The third-order valence-electron chi connectivity index (χ3n) is 9.64. The first kappa shape index (κ1) is 61.9. The summed E-state index contributed by atoms with van der Waals surface area (Å²) in [6.07, 6.45) is 1.90. The number of hydrogen-bond donors (Lipinski definition) is 14. The number of benzene rings is 4. The molecule has 80 heavy (non-hydrogen) atoms. The van der Waals surface area contributed by atoms with E-state index in [1.54, 1.807) is 0 Å². The van der Waals surface area contributed by atoms with Crippen LogP contribution in [0.2, 0.25) is 0 Å². The predicted octanol–water partition coefficient (Wildman–Crippen LogP) is 1.28. The van der Waals surface area contributed by atoms with E-state index in [4.69, 9.17) is 0 Å². The second-order valence-corrected chi connectivity index (χ2v) is 27.1. The summed E-state index contributed by atoms with van der Waals surface area (Å²) in [4.78, 5) is 18.1. The molecule has 0 amide bonds. The molecule has 2 aromatic heterocycles. The number of nitrogens with one attached hydrogen (secondary N) is 6. The van der Waals surface area contributed by atoms with Gasteiger partial charge in [-0.05, 0) is 71.8 Å². The van der Waals surface area contributed by atoms with Crippen molar-refractivity contribution < 1.29 is 104 Å². The highest BCUT2D eigenvalue weighted by Gasteiger charge is 2.25. The first-order valence-electron chi connectivity index (χ1n) is 20.7. The molecule has 0 radical (unpaired) electrons. The monoisotopic (exact) mass is 1280 g/mol. The summed E-state index contributed by atoms with van der Waals surface area (Å²) in [5, 5.41) is 14.4. The Balaban J connectivity index is 1.35. The van der Waals surface area contributed by atoms with Gasteiger partial charge in [-0.2, -0.15) is 97.2 Å². The minimum Gasteiger partial charge on any atom is -0.353 e. The van der Waals surface area contributed by atoms with Gasteiger partial charge in [0.15, 0.2) is 0 Å². The topological polar surface area (TPSA) is 584 Å². The third-order valence-corrected chi connectivity index (χ3v) is 16.4. The molecule has 0 aliphatic heterocycles. The molecule has 36 nitrogen and oxygen atoms in total. The van der Waals surface area contributed by atoms with Crippen LogP contribution in [0.5, 0.6) is 0 Å². The van der Waals surface area contributed by atoms with Crippen molar-refractivity contribution in [2.75, 3.05) is 56.5 Å². The second kappa shape index (κ2) is 23.1. The van der Waals surface area contributed by atoms with Crippen LogP contribution in [-0.2, 0) is 80.9 Å². The van der Waals surface area contributed by atoms with E-state index in [2.05, 4.69) is 61.8 Å². The quantitative estimate of drug-likeness (QED) is 0.0300. The Morgan fingerprint density at radius 1 is 0.338 bits per heavy atom. The molecule has 2 heterocycles. The van der Waals surface area contributed by atoms with Gasteiger partial charge in [-0.1, -0.05) is 24.3 Å². The maximum absolute atomic E-state index is 12.8. The Morgan fingerprint density at radius 2 is 0.637 bits per heavy atom. The van der Waals surface area contributed by atoms with Crippen LogP contribution < -0.4 is 31.9 Å². The number of anilines is 10. The molecule has 44 heteroatoms. The van der Waals surface area contributed by atoms with E-state index in [-0.39, 0.29) is 22.5 Å².